The molecule has 0 unspecified atom stereocenters. The molecule has 0 N–H and O–H groups in total. The lowest BCUT2D eigenvalue weighted by atomic mass is 10.1. The van der Waals surface area contributed by atoms with Crippen molar-refractivity contribution < 1.29 is 0 Å². The summed E-state index contributed by atoms with van der Waals surface area (Å²) in [5.41, 5.74) is 0. The summed E-state index contributed by atoms with van der Waals surface area (Å²) in [4.78, 5) is 7.18. The summed E-state index contributed by atoms with van der Waals surface area (Å²) in [5, 5.41) is 4.96. The first-order chi connectivity index (χ1) is 12.4. The second-order valence-electron chi connectivity index (χ2n) is 6.36. The standard InChI is InChI=1S/C22H22S3/c1-2-3-4-5-9-16-13-14-20(24-16)22-18-11-7-6-10-17(18)21(25-22)19-12-8-15-23-19/h6-8,10-15H,2-5,9H2,1H3. The topological polar surface area (TPSA) is 0 Å². The third kappa shape index (κ3) is 3.59. The van der Waals surface area contributed by atoms with Crippen LogP contribution in [0.3, 0.4) is 0 Å². The molecular weight excluding hydrogens is 360 g/mol. The molecule has 0 aliphatic carbocycles. The van der Waals surface area contributed by atoms with E-state index in [1.807, 2.05) is 34.0 Å². The summed E-state index contributed by atoms with van der Waals surface area (Å²) in [6.45, 7) is 2.27. The van der Waals surface area contributed by atoms with Gasteiger partial charge in [-0.2, -0.15) is 0 Å². The van der Waals surface area contributed by atoms with Crippen LogP contribution in [0.5, 0.6) is 0 Å². The molecule has 0 spiro atoms. The Morgan fingerprint density at radius 1 is 0.720 bits per heavy atom. The second-order valence-corrected chi connectivity index (χ2v) is 9.50. The van der Waals surface area contributed by atoms with E-state index in [-0.39, 0.29) is 0 Å². The Morgan fingerprint density at radius 2 is 1.52 bits per heavy atom. The maximum atomic E-state index is 2.34. The van der Waals surface area contributed by atoms with Gasteiger partial charge in [0.2, 0.25) is 0 Å². The third-order valence-electron chi connectivity index (χ3n) is 4.53. The zero-order valence-electron chi connectivity index (χ0n) is 14.5. The number of benzene rings is 1. The van der Waals surface area contributed by atoms with Crippen LogP contribution in [-0.2, 0) is 6.42 Å². The van der Waals surface area contributed by atoms with E-state index < -0.39 is 0 Å². The predicted octanol–water partition coefficient (Wildman–Crippen LogP) is 8.48. The molecule has 0 fully saturated rings. The lowest BCUT2D eigenvalue weighted by Gasteiger charge is -1.97. The van der Waals surface area contributed by atoms with Crippen molar-refractivity contribution in [2.45, 2.75) is 39.0 Å². The average molecular weight is 383 g/mol. The first-order valence-electron chi connectivity index (χ1n) is 9.01. The van der Waals surface area contributed by atoms with E-state index in [2.05, 4.69) is 60.8 Å². The SMILES string of the molecule is CCCCCCc1ccc(-c2sc(-c3cccs3)c3ccccc23)s1. The Balaban J connectivity index is 1.67. The molecule has 0 atom stereocenters. The number of thiophene rings is 3. The molecule has 4 rings (SSSR count). The monoisotopic (exact) mass is 382 g/mol. The van der Waals surface area contributed by atoms with Crippen molar-refractivity contribution in [2.24, 2.45) is 0 Å². The van der Waals surface area contributed by atoms with E-state index in [1.54, 1.807) is 0 Å². The largest absolute Gasteiger partial charge is 0.143 e. The van der Waals surface area contributed by atoms with Crippen LogP contribution < -0.4 is 0 Å². The smallest absolute Gasteiger partial charge is 0.0528 e. The van der Waals surface area contributed by atoms with Crippen LogP contribution in [0.1, 0.15) is 37.5 Å². The zero-order chi connectivity index (χ0) is 17.1. The van der Waals surface area contributed by atoms with Gasteiger partial charge in [0.05, 0.1) is 9.75 Å². The number of hydrogen-bond donors (Lipinski definition) is 0. The molecule has 0 aliphatic rings. The van der Waals surface area contributed by atoms with Gasteiger partial charge in [-0.1, -0.05) is 56.5 Å². The molecule has 25 heavy (non-hydrogen) atoms. The second kappa shape index (κ2) is 7.86. The highest BCUT2D eigenvalue weighted by molar-refractivity contribution is 7.27. The van der Waals surface area contributed by atoms with E-state index in [0.717, 1.165) is 0 Å². The molecule has 3 heterocycles. The molecule has 0 amide bonds. The Hall–Kier alpha value is -1.42. The minimum Gasteiger partial charge on any atom is -0.143 e. The van der Waals surface area contributed by atoms with Gasteiger partial charge in [-0.3, -0.25) is 0 Å². The molecule has 0 radical (unpaired) electrons. The minimum absolute atomic E-state index is 1.23. The van der Waals surface area contributed by atoms with Gasteiger partial charge in [0, 0.05) is 25.4 Å². The van der Waals surface area contributed by atoms with Crippen molar-refractivity contribution in [1.29, 1.82) is 0 Å². The van der Waals surface area contributed by atoms with E-state index in [1.165, 1.54) is 67.3 Å². The van der Waals surface area contributed by atoms with Gasteiger partial charge in [-0.15, -0.1) is 34.0 Å². The molecule has 0 aliphatic heterocycles. The number of fused-ring (bicyclic) bond motifs is 1. The number of rotatable bonds is 7. The number of unbranched alkanes of at least 4 members (excludes halogenated alkanes) is 3. The summed E-state index contributed by atoms with van der Waals surface area (Å²) < 4.78 is 0. The molecule has 3 aromatic heterocycles. The van der Waals surface area contributed by atoms with E-state index in [4.69, 9.17) is 0 Å². The molecule has 0 saturated heterocycles. The molecule has 0 bridgehead atoms. The summed E-state index contributed by atoms with van der Waals surface area (Å²) in [7, 11) is 0. The normalized spacial score (nSPS) is 11.4. The van der Waals surface area contributed by atoms with E-state index in [0.29, 0.717) is 0 Å². The van der Waals surface area contributed by atoms with Crippen molar-refractivity contribution in [3.63, 3.8) is 0 Å². The van der Waals surface area contributed by atoms with Crippen LogP contribution >= 0.6 is 34.0 Å². The van der Waals surface area contributed by atoms with Gasteiger partial charge in [0.1, 0.15) is 0 Å². The minimum atomic E-state index is 1.23. The molecule has 4 aromatic rings. The quantitative estimate of drug-likeness (QED) is 0.281. The highest BCUT2D eigenvalue weighted by atomic mass is 32.1. The van der Waals surface area contributed by atoms with Crippen molar-refractivity contribution in [2.75, 3.05) is 0 Å². The maximum absolute atomic E-state index is 2.34. The molecular formula is C22H22S3. The highest BCUT2D eigenvalue weighted by Gasteiger charge is 2.15. The lowest BCUT2D eigenvalue weighted by Crippen LogP contribution is -1.80. The van der Waals surface area contributed by atoms with Crippen molar-refractivity contribution in [1.82, 2.24) is 0 Å². The fourth-order valence-electron chi connectivity index (χ4n) is 3.23. The average Bonchev–Trinajstić information content (AvgIpc) is 3.37. The van der Waals surface area contributed by atoms with Crippen LogP contribution in [-0.4, -0.2) is 0 Å². The van der Waals surface area contributed by atoms with E-state index >= 15 is 0 Å². The Labute approximate surface area is 161 Å². The van der Waals surface area contributed by atoms with Crippen LogP contribution in [0.25, 0.3) is 30.3 Å². The molecule has 1 aromatic carbocycles. The Morgan fingerprint density at radius 3 is 2.24 bits per heavy atom. The maximum Gasteiger partial charge on any atom is 0.0528 e. The summed E-state index contributed by atoms with van der Waals surface area (Å²) in [6, 6.07) is 17.9. The fourth-order valence-corrected chi connectivity index (χ4v) is 6.54. The van der Waals surface area contributed by atoms with Gasteiger partial charge in [0.25, 0.3) is 0 Å². The van der Waals surface area contributed by atoms with Crippen molar-refractivity contribution in [3.05, 3.63) is 58.8 Å². The Kier molecular flexibility index (Phi) is 5.35. The predicted molar refractivity (Wildman–Crippen MR) is 116 cm³/mol. The Bertz CT molecular complexity index is 941. The van der Waals surface area contributed by atoms with Gasteiger partial charge in [-0.25, -0.2) is 0 Å². The first-order valence-corrected chi connectivity index (χ1v) is 11.5. The lowest BCUT2D eigenvalue weighted by molar-refractivity contribution is 0.670. The van der Waals surface area contributed by atoms with Crippen LogP contribution in [0.15, 0.2) is 53.9 Å². The third-order valence-corrected chi connectivity index (χ3v) is 8.12. The van der Waals surface area contributed by atoms with Crippen molar-refractivity contribution in [3.8, 4) is 19.5 Å². The van der Waals surface area contributed by atoms with Crippen LogP contribution in [0.2, 0.25) is 0 Å². The number of hydrogen-bond acceptors (Lipinski definition) is 3. The van der Waals surface area contributed by atoms with Gasteiger partial charge in [-0.05, 0) is 36.4 Å². The van der Waals surface area contributed by atoms with Crippen LogP contribution in [0, 0.1) is 0 Å². The van der Waals surface area contributed by atoms with Crippen LogP contribution in [0.4, 0.5) is 0 Å². The van der Waals surface area contributed by atoms with Gasteiger partial charge in [0.15, 0.2) is 0 Å². The highest BCUT2D eigenvalue weighted by Crippen LogP contribution is 2.46. The molecule has 0 saturated carbocycles. The van der Waals surface area contributed by atoms with E-state index in [9.17, 15) is 0 Å². The fraction of sp³-hybridized carbons (Fsp3) is 0.273. The molecule has 0 nitrogen and oxygen atoms in total. The number of aryl methyl sites for hydroxylation is 1. The van der Waals surface area contributed by atoms with Crippen molar-refractivity contribution >= 4 is 44.8 Å². The molecule has 128 valence electrons. The summed E-state index contributed by atoms with van der Waals surface area (Å²) in [5.74, 6) is 0. The first kappa shape index (κ1) is 17.0. The zero-order valence-corrected chi connectivity index (χ0v) is 16.9. The molecule has 3 heteroatoms. The van der Waals surface area contributed by atoms with Gasteiger partial charge >= 0.3 is 0 Å². The summed E-state index contributed by atoms with van der Waals surface area (Å²) >= 11 is 5.77. The summed E-state index contributed by atoms with van der Waals surface area (Å²) in [6.07, 6.45) is 6.57. The van der Waals surface area contributed by atoms with Gasteiger partial charge < -0.3 is 0 Å².